The lowest BCUT2D eigenvalue weighted by Crippen LogP contribution is -2.55. The first-order valence-corrected chi connectivity index (χ1v) is 6.50. The number of alkyl halides is 5. The van der Waals surface area contributed by atoms with Gasteiger partial charge in [0.15, 0.2) is 5.60 Å². The number of hydrogen-bond acceptors (Lipinski definition) is 2. The number of hydrogen-bond donors (Lipinski definition) is 1. The van der Waals surface area contributed by atoms with E-state index in [1.165, 1.54) is 5.38 Å². The Bertz CT molecular complexity index is 622. The maximum Gasteiger partial charge on any atom is 0.457 e. The van der Waals surface area contributed by atoms with Gasteiger partial charge in [0, 0.05) is 5.56 Å². The van der Waals surface area contributed by atoms with E-state index in [0.717, 1.165) is 41.0 Å². The van der Waals surface area contributed by atoms with Crippen LogP contribution in [-0.4, -0.2) is 17.2 Å². The zero-order chi connectivity index (χ0) is 15.9. The van der Waals surface area contributed by atoms with E-state index in [9.17, 15) is 31.4 Å². The second-order valence-corrected chi connectivity index (χ2v) is 5.08. The number of rotatable bonds is 3. The molecular weight excluding hydrogens is 318 g/mol. The van der Waals surface area contributed by atoms with Crippen LogP contribution in [0.3, 0.4) is 0 Å². The molecule has 0 spiro atoms. The maximum absolute atomic E-state index is 13.9. The summed E-state index contributed by atoms with van der Waals surface area (Å²) in [6.07, 6.45) is -6.00. The summed E-state index contributed by atoms with van der Waals surface area (Å²) >= 11 is 0.838. The molecule has 21 heavy (non-hydrogen) atoms. The van der Waals surface area contributed by atoms with Gasteiger partial charge in [-0.1, -0.05) is 12.1 Å². The molecule has 8 heteroatoms. The highest BCUT2D eigenvalue weighted by molar-refractivity contribution is 7.08. The third-order valence-corrected chi connectivity index (χ3v) is 3.67. The summed E-state index contributed by atoms with van der Waals surface area (Å²) in [6, 6.07) is 4.05. The molecule has 0 radical (unpaired) electrons. The van der Waals surface area contributed by atoms with E-state index in [-0.39, 0.29) is 0 Å². The minimum absolute atomic E-state index is 0.456. The average molecular weight is 326 g/mol. The van der Waals surface area contributed by atoms with E-state index in [0.29, 0.717) is 6.07 Å². The Hall–Kier alpha value is -1.54. The Kier molecular flexibility index (Phi) is 3.79. The first kappa shape index (κ1) is 15.8. The highest BCUT2D eigenvalue weighted by atomic mass is 32.1. The fourth-order valence-corrected chi connectivity index (χ4v) is 2.62. The van der Waals surface area contributed by atoms with E-state index < -0.39 is 34.6 Å². The highest BCUT2D eigenvalue weighted by Crippen LogP contribution is 2.52. The average Bonchev–Trinajstić information content (AvgIpc) is 2.90. The van der Waals surface area contributed by atoms with Gasteiger partial charge in [0.1, 0.15) is 5.82 Å². The van der Waals surface area contributed by atoms with E-state index >= 15 is 0 Å². The fourth-order valence-electron chi connectivity index (χ4n) is 1.92. The molecule has 0 aliphatic carbocycles. The topological polar surface area (TPSA) is 20.2 Å². The van der Waals surface area contributed by atoms with Crippen molar-refractivity contribution >= 4 is 11.3 Å². The van der Waals surface area contributed by atoms with Gasteiger partial charge in [0.05, 0.1) is 0 Å². The van der Waals surface area contributed by atoms with Gasteiger partial charge in [-0.2, -0.15) is 33.3 Å². The Morgan fingerprint density at radius 3 is 2.10 bits per heavy atom. The lowest BCUT2D eigenvalue weighted by molar-refractivity contribution is -0.336. The highest BCUT2D eigenvalue weighted by Gasteiger charge is 2.71. The maximum atomic E-state index is 13.9. The molecule has 1 unspecified atom stereocenters. The molecule has 1 N–H and O–H groups in total. The standard InChI is InChI=1S/C13H8F6OS/c14-10-3-1-2-8(6-10)11(20,9-4-5-21-7-9)12(15,16)13(17,18)19/h1-7,20H. The molecule has 2 rings (SSSR count). The molecule has 0 aliphatic heterocycles. The molecule has 0 saturated carbocycles. The van der Waals surface area contributed by atoms with Crippen molar-refractivity contribution in [1.29, 1.82) is 0 Å². The predicted octanol–water partition coefficient (Wildman–Crippen LogP) is 4.32. The SMILES string of the molecule is OC(c1ccsc1)(c1cccc(F)c1)C(F)(F)C(F)(F)F. The summed E-state index contributed by atoms with van der Waals surface area (Å²) < 4.78 is 79.0. The van der Waals surface area contributed by atoms with Gasteiger partial charge in [-0.3, -0.25) is 0 Å². The molecule has 1 aromatic carbocycles. The van der Waals surface area contributed by atoms with Gasteiger partial charge in [-0.25, -0.2) is 4.39 Å². The first-order chi connectivity index (χ1) is 9.60. The third kappa shape index (κ3) is 2.42. The smallest absolute Gasteiger partial charge is 0.374 e. The monoisotopic (exact) mass is 326 g/mol. The molecule has 0 saturated heterocycles. The second-order valence-electron chi connectivity index (χ2n) is 4.30. The summed E-state index contributed by atoms with van der Waals surface area (Å²) in [5.41, 5.74) is -5.23. The second kappa shape index (κ2) is 5.03. The molecule has 0 fully saturated rings. The summed E-state index contributed by atoms with van der Waals surface area (Å²) in [4.78, 5) is 0. The molecule has 0 bridgehead atoms. The number of aliphatic hydroxyl groups is 1. The van der Waals surface area contributed by atoms with E-state index in [2.05, 4.69) is 0 Å². The van der Waals surface area contributed by atoms with Crippen LogP contribution in [0.4, 0.5) is 26.3 Å². The van der Waals surface area contributed by atoms with Crippen molar-refractivity contribution in [2.24, 2.45) is 0 Å². The Morgan fingerprint density at radius 1 is 0.952 bits per heavy atom. The molecule has 2 aromatic rings. The zero-order valence-corrected chi connectivity index (χ0v) is 11.0. The molecule has 1 aromatic heterocycles. The first-order valence-electron chi connectivity index (χ1n) is 5.56. The lowest BCUT2D eigenvalue weighted by Gasteiger charge is -2.36. The summed E-state index contributed by atoms with van der Waals surface area (Å²) in [5.74, 6) is -6.52. The number of benzene rings is 1. The molecule has 0 amide bonds. The van der Waals surface area contributed by atoms with Crippen molar-refractivity contribution in [3.8, 4) is 0 Å². The van der Waals surface area contributed by atoms with Crippen molar-refractivity contribution < 1.29 is 31.4 Å². The molecule has 114 valence electrons. The van der Waals surface area contributed by atoms with Gasteiger partial charge in [0.2, 0.25) is 0 Å². The predicted molar refractivity (Wildman–Crippen MR) is 64.7 cm³/mol. The van der Waals surface area contributed by atoms with Crippen LogP contribution in [-0.2, 0) is 5.60 Å². The van der Waals surface area contributed by atoms with Crippen molar-refractivity contribution in [1.82, 2.24) is 0 Å². The number of halogens is 6. The van der Waals surface area contributed by atoms with Crippen LogP contribution in [0.5, 0.6) is 0 Å². The van der Waals surface area contributed by atoms with Gasteiger partial charge in [0.25, 0.3) is 0 Å². The Balaban J connectivity index is 2.73. The van der Waals surface area contributed by atoms with Gasteiger partial charge in [-0.05, 0) is 34.5 Å². The van der Waals surface area contributed by atoms with E-state index in [1.807, 2.05) is 0 Å². The minimum Gasteiger partial charge on any atom is -0.374 e. The van der Waals surface area contributed by atoms with Gasteiger partial charge < -0.3 is 5.11 Å². The lowest BCUT2D eigenvalue weighted by atomic mass is 9.82. The molecule has 1 heterocycles. The minimum atomic E-state index is -6.00. The quantitative estimate of drug-likeness (QED) is 0.833. The summed E-state index contributed by atoms with van der Waals surface area (Å²) in [6.45, 7) is 0. The van der Waals surface area contributed by atoms with E-state index in [4.69, 9.17) is 0 Å². The zero-order valence-electron chi connectivity index (χ0n) is 10.2. The Labute approximate surface area is 119 Å². The molecular formula is C13H8F6OS. The van der Waals surface area contributed by atoms with Crippen LogP contribution >= 0.6 is 11.3 Å². The van der Waals surface area contributed by atoms with Crippen LogP contribution in [0.15, 0.2) is 41.1 Å². The van der Waals surface area contributed by atoms with Crippen LogP contribution in [0.1, 0.15) is 11.1 Å². The molecule has 1 nitrogen and oxygen atoms in total. The van der Waals surface area contributed by atoms with Crippen LogP contribution < -0.4 is 0 Å². The molecule has 0 aliphatic rings. The Morgan fingerprint density at radius 2 is 1.62 bits per heavy atom. The van der Waals surface area contributed by atoms with Crippen LogP contribution in [0.2, 0.25) is 0 Å². The number of thiophene rings is 1. The summed E-state index contributed by atoms with van der Waals surface area (Å²) in [7, 11) is 0. The van der Waals surface area contributed by atoms with Crippen LogP contribution in [0.25, 0.3) is 0 Å². The third-order valence-electron chi connectivity index (χ3n) is 2.99. The van der Waals surface area contributed by atoms with Crippen molar-refractivity contribution in [3.05, 3.63) is 58.0 Å². The van der Waals surface area contributed by atoms with Crippen LogP contribution in [0, 0.1) is 5.82 Å². The van der Waals surface area contributed by atoms with E-state index in [1.54, 1.807) is 0 Å². The van der Waals surface area contributed by atoms with Crippen molar-refractivity contribution in [2.75, 3.05) is 0 Å². The van der Waals surface area contributed by atoms with Gasteiger partial charge in [-0.15, -0.1) is 0 Å². The van der Waals surface area contributed by atoms with Crippen molar-refractivity contribution in [2.45, 2.75) is 17.7 Å². The summed E-state index contributed by atoms with van der Waals surface area (Å²) in [5, 5.41) is 12.4. The van der Waals surface area contributed by atoms with Gasteiger partial charge >= 0.3 is 12.1 Å². The fraction of sp³-hybridized carbons (Fsp3) is 0.231. The molecule has 1 atom stereocenters. The largest absolute Gasteiger partial charge is 0.457 e. The van der Waals surface area contributed by atoms with Crippen molar-refractivity contribution in [3.63, 3.8) is 0 Å². The normalized spacial score (nSPS) is 15.8.